The second-order valence-electron chi connectivity index (χ2n) is 6.75. The maximum atomic E-state index is 11.9. The second kappa shape index (κ2) is 11.2. The molecule has 0 bridgehead atoms. The first-order valence-electron chi connectivity index (χ1n) is 9.45. The van der Waals surface area contributed by atoms with Gasteiger partial charge in [-0.2, -0.15) is 0 Å². The zero-order valence-corrected chi connectivity index (χ0v) is 19.9. The van der Waals surface area contributed by atoms with Crippen LogP contribution in [0.3, 0.4) is 0 Å². The average molecular weight is 536 g/mol. The molecule has 0 aliphatic carbocycles. The molecule has 0 amide bonds. The fraction of sp³-hybridized carbons (Fsp3) is 0.611. The van der Waals surface area contributed by atoms with Gasteiger partial charge in [-0.25, -0.2) is 9.48 Å². The molecule has 0 saturated carbocycles. The number of carbonyl (C=O) groups excluding carboxylic acids is 5. The average Bonchev–Trinajstić information content (AvgIpc) is 3.09. The number of methoxy groups -OCH3 is 1. The summed E-state index contributed by atoms with van der Waals surface area (Å²) in [6, 6.07) is 0. The van der Waals surface area contributed by atoms with Crippen LogP contribution in [0.1, 0.15) is 44.4 Å². The molecule has 14 nitrogen and oxygen atoms in total. The minimum absolute atomic E-state index is 0.00440. The van der Waals surface area contributed by atoms with Crippen LogP contribution in [0, 0.1) is 0 Å². The summed E-state index contributed by atoms with van der Waals surface area (Å²) < 4.78 is 32.6. The first-order chi connectivity index (χ1) is 15.5. The number of nitrogens with zero attached hydrogens (tertiary/aromatic N) is 3. The van der Waals surface area contributed by atoms with Gasteiger partial charge in [-0.15, -0.1) is 5.10 Å². The van der Waals surface area contributed by atoms with E-state index in [0.29, 0.717) is 0 Å². The van der Waals surface area contributed by atoms with Crippen molar-refractivity contribution >= 4 is 45.8 Å². The van der Waals surface area contributed by atoms with Crippen LogP contribution in [-0.4, -0.2) is 83.0 Å². The lowest BCUT2D eigenvalue weighted by atomic mass is 9.97. The highest BCUT2D eigenvalue weighted by Gasteiger charge is 2.53. The Morgan fingerprint density at radius 3 is 1.97 bits per heavy atom. The summed E-state index contributed by atoms with van der Waals surface area (Å²) in [4.78, 5) is 58.8. The Kier molecular flexibility index (Phi) is 8.87. The molecule has 1 aromatic rings. The molecule has 0 N–H and O–H groups in total. The molecule has 0 radical (unpaired) electrons. The van der Waals surface area contributed by atoms with Gasteiger partial charge < -0.3 is 28.4 Å². The van der Waals surface area contributed by atoms with Crippen molar-refractivity contribution in [3.8, 4) is 0 Å². The Labute approximate surface area is 195 Å². The molecular weight excluding hydrogens is 514 g/mol. The van der Waals surface area contributed by atoms with Gasteiger partial charge in [0, 0.05) is 27.7 Å². The number of halogens is 1. The van der Waals surface area contributed by atoms with E-state index in [4.69, 9.17) is 23.7 Å². The Balaban J connectivity index is 2.60. The topological polar surface area (TPSA) is 171 Å². The van der Waals surface area contributed by atoms with E-state index in [9.17, 15) is 24.0 Å². The lowest BCUT2D eigenvalue weighted by Gasteiger charge is -2.44. The summed E-state index contributed by atoms with van der Waals surface area (Å²) in [5.41, 5.74) is -0.217. The zero-order valence-electron chi connectivity index (χ0n) is 18.3. The van der Waals surface area contributed by atoms with Gasteiger partial charge in [-0.3, -0.25) is 19.2 Å². The lowest BCUT2D eigenvalue weighted by Crippen LogP contribution is -2.60. The third kappa shape index (κ3) is 6.47. The van der Waals surface area contributed by atoms with Crippen molar-refractivity contribution in [2.24, 2.45) is 0 Å². The smallest absolute Gasteiger partial charge is 0.361 e. The van der Waals surface area contributed by atoms with Crippen molar-refractivity contribution in [3.05, 3.63) is 10.3 Å². The van der Waals surface area contributed by atoms with Gasteiger partial charge in [0.2, 0.25) is 5.69 Å². The minimum atomic E-state index is -1.41. The van der Waals surface area contributed by atoms with Crippen LogP contribution >= 0.6 is 15.9 Å². The number of aromatic nitrogens is 3. The van der Waals surface area contributed by atoms with Crippen molar-refractivity contribution < 1.29 is 52.4 Å². The summed E-state index contributed by atoms with van der Waals surface area (Å²) in [6.45, 7) is 4.05. The minimum Gasteiger partial charge on any atom is -0.464 e. The van der Waals surface area contributed by atoms with Crippen LogP contribution < -0.4 is 0 Å². The van der Waals surface area contributed by atoms with Gasteiger partial charge in [-0.05, 0) is 15.9 Å². The molecule has 1 saturated heterocycles. The number of esters is 5. The molecule has 1 aliphatic heterocycles. The molecule has 3 unspecified atom stereocenters. The first-order valence-corrected chi connectivity index (χ1v) is 10.2. The third-order valence-electron chi connectivity index (χ3n) is 4.22. The fourth-order valence-electron chi connectivity index (χ4n) is 3.07. The number of ether oxygens (including phenoxy) is 6. The van der Waals surface area contributed by atoms with Crippen molar-refractivity contribution in [3.63, 3.8) is 0 Å². The summed E-state index contributed by atoms with van der Waals surface area (Å²) in [5.74, 6) is -3.80. The van der Waals surface area contributed by atoms with Gasteiger partial charge in [0.15, 0.2) is 24.5 Å². The van der Waals surface area contributed by atoms with Crippen molar-refractivity contribution in [1.29, 1.82) is 0 Å². The number of hydrogen-bond acceptors (Lipinski definition) is 13. The molecule has 1 aliphatic rings. The molecule has 0 aromatic carbocycles. The van der Waals surface area contributed by atoms with E-state index in [1.807, 2.05) is 0 Å². The normalized spacial score (nSPS) is 24.4. The van der Waals surface area contributed by atoms with Crippen molar-refractivity contribution in [2.45, 2.75) is 58.3 Å². The molecule has 2 rings (SSSR count). The molecule has 1 fully saturated rings. The highest BCUT2D eigenvalue weighted by Crippen LogP contribution is 2.36. The Hall–Kier alpha value is -3.07. The van der Waals surface area contributed by atoms with Crippen LogP contribution in [0.2, 0.25) is 0 Å². The zero-order chi connectivity index (χ0) is 24.9. The highest BCUT2D eigenvalue weighted by atomic mass is 79.9. The van der Waals surface area contributed by atoms with Gasteiger partial charge in [0.05, 0.1) is 7.11 Å². The Morgan fingerprint density at radius 1 is 0.909 bits per heavy atom. The molecule has 2 heterocycles. The first kappa shape index (κ1) is 26.2. The second-order valence-corrected chi connectivity index (χ2v) is 7.51. The molecular formula is C18H22BrN3O11. The van der Waals surface area contributed by atoms with Crippen molar-refractivity contribution in [2.75, 3.05) is 13.7 Å². The van der Waals surface area contributed by atoms with E-state index in [1.54, 1.807) is 0 Å². The summed E-state index contributed by atoms with van der Waals surface area (Å²) in [7, 11) is 1.14. The predicted octanol–water partition coefficient (Wildman–Crippen LogP) is 0.0828. The van der Waals surface area contributed by atoms with E-state index in [-0.39, 0.29) is 10.3 Å². The largest absolute Gasteiger partial charge is 0.464 e. The standard InChI is InChI=1S/C18H22BrN3O11/c1-7(23)29-6-11-13(30-8(2)24)14(31-9(3)25)15(32-10(4)26)17(33-11)22-16(19)12(20-21-22)18(27)28-5/h11,13-15,17H,6H2,1-5H3/t11?,13-,14?,15?,17+/m0/s1. The monoisotopic (exact) mass is 535 g/mol. The molecule has 5 atom stereocenters. The quantitative estimate of drug-likeness (QED) is 0.339. The maximum Gasteiger partial charge on any atom is 0.361 e. The fourth-order valence-corrected chi connectivity index (χ4v) is 3.58. The molecule has 33 heavy (non-hydrogen) atoms. The summed E-state index contributed by atoms with van der Waals surface area (Å²) in [6.07, 6.45) is -6.67. The van der Waals surface area contributed by atoms with Gasteiger partial charge in [0.25, 0.3) is 0 Å². The summed E-state index contributed by atoms with van der Waals surface area (Å²) >= 11 is 3.17. The maximum absolute atomic E-state index is 11.9. The van der Waals surface area contributed by atoms with Gasteiger partial charge in [-0.1, -0.05) is 5.21 Å². The predicted molar refractivity (Wildman–Crippen MR) is 106 cm³/mol. The number of rotatable bonds is 7. The Morgan fingerprint density at radius 2 is 1.45 bits per heavy atom. The van der Waals surface area contributed by atoms with E-state index in [2.05, 4.69) is 31.0 Å². The number of hydrogen-bond donors (Lipinski definition) is 0. The van der Waals surface area contributed by atoms with Crippen LogP contribution in [0.25, 0.3) is 0 Å². The van der Waals surface area contributed by atoms with E-state index >= 15 is 0 Å². The van der Waals surface area contributed by atoms with Crippen LogP contribution in [0.15, 0.2) is 4.60 Å². The highest BCUT2D eigenvalue weighted by molar-refractivity contribution is 9.10. The van der Waals surface area contributed by atoms with Crippen LogP contribution in [-0.2, 0) is 47.6 Å². The molecule has 182 valence electrons. The molecule has 0 spiro atoms. The third-order valence-corrected chi connectivity index (χ3v) is 4.96. The lowest BCUT2D eigenvalue weighted by molar-refractivity contribution is -0.271. The van der Waals surface area contributed by atoms with Gasteiger partial charge in [0.1, 0.15) is 17.3 Å². The molecule has 1 aromatic heterocycles. The molecule has 15 heteroatoms. The SMILES string of the molecule is COC(=O)c1nnn([C@@H]2OC(COC(C)=O)[C@H](OC(C)=O)C(OC(C)=O)C2OC(C)=O)c1Br. The van der Waals surface area contributed by atoms with Crippen molar-refractivity contribution in [1.82, 2.24) is 15.0 Å². The van der Waals surface area contributed by atoms with E-state index < -0.39 is 67.1 Å². The number of carbonyl (C=O) groups is 5. The van der Waals surface area contributed by atoms with E-state index in [1.165, 1.54) is 0 Å². The van der Waals surface area contributed by atoms with Crippen LogP contribution in [0.4, 0.5) is 0 Å². The van der Waals surface area contributed by atoms with Crippen LogP contribution in [0.5, 0.6) is 0 Å². The van der Waals surface area contributed by atoms with Gasteiger partial charge >= 0.3 is 29.8 Å². The van der Waals surface area contributed by atoms with E-state index in [0.717, 1.165) is 39.5 Å². The Bertz CT molecular complexity index is 934. The summed E-state index contributed by atoms with van der Waals surface area (Å²) in [5, 5.41) is 7.56.